The minimum Gasteiger partial charge on any atom is -0.465 e. The summed E-state index contributed by atoms with van der Waals surface area (Å²) in [6.45, 7) is 2.28. The predicted octanol–water partition coefficient (Wildman–Crippen LogP) is 1.05. The average molecular weight is 334 g/mol. The molecule has 1 aromatic heterocycles. The van der Waals surface area contributed by atoms with Gasteiger partial charge in [-0.25, -0.2) is 0 Å². The van der Waals surface area contributed by atoms with Gasteiger partial charge in [-0.3, -0.25) is 14.5 Å². The topological polar surface area (TPSA) is 97.6 Å². The first-order valence-electron chi connectivity index (χ1n) is 8.76. The summed E-state index contributed by atoms with van der Waals surface area (Å²) in [7, 11) is 0. The van der Waals surface area contributed by atoms with Crippen molar-refractivity contribution in [1.29, 1.82) is 0 Å². The highest BCUT2D eigenvalue weighted by Gasteiger charge is 2.34. The maximum absolute atomic E-state index is 12.0. The summed E-state index contributed by atoms with van der Waals surface area (Å²) < 4.78 is 10.4. The summed E-state index contributed by atoms with van der Waals surface area (Å²) in [4.78, 5) is 30.1. The van der Waals surface area contributed by atoms with E-state index in [1.165, 1.54) is 0 Å². The van der Waals surface area contributed by atoms with Crippen LogP contribution in [0.1, 0.15) is 61.1 Å². The molecule has 3 fully saturated rings. The number of nitrogens with one attached hydrogen (secondary N) is 1. The fourth-order valence-electron chi connectivity index (χ4n) is 3.44. The minimum atomic E-state index is -0.259. The van der Waals surface area contributed by atoms with Gasteiger partial charge in [-0.15, -0.1) is 0 Å². The van der Waals surface area contributed by atoms with Crippen LogP contribution in [-0.2, 0) is 9.53 Å². The minimum absolute atomic E-state index is 0.00816. The van der Waals surface area contributed by atoms with Gasteiger partial charge >= 0.3 is 5.97 Å². The van der Waals surface area contributed by atoms with Gasteiger partial charge in [0.15, 0.2) is 0 Å². The lowest BCUT2D eigenvalue weighted by Gasteiger charge is -2.22. The van der Waals surface area contributed by atoms with Crippen molar-refractivity contribution in [2.75, 3.05) is 19.7 Å². The van der Waals surface area contributed by atoms with Gasteiger partial charge in [0.1, 0.15) is 0 Å². The second kappa shape index (κ2) is 6.51. The highest BCUT2D eigenvalue weighted by atomic mass is 16.5. The number of cyclic esters (lactones) is 1. The number of aromatic nitrogens is 2. The smallest absolute Gasteiger partial charge is 0.309 e. The van der Waals surface area contributed by atoms with Crippen LogP contribution in [0.3, 0.4) is 0 Å². The molecule has 0 bridgehead atoms. The molecule has 2 atom stereocenters. The zero-order valence-corrected chi connectivity index (χ0v) is 13.6. The van der Waals surface area contributed by atoms with E-state index in [9.17, 15) is 9.59 Å². The number of carbonyl (C=O) groups excluding carboxylic acids is 2. The van der Waals surface area contributed by atoms with E-state index in [2.05, 4.69) is 20.4 Å². The first kappa shape index (κ1) is 15.6. The van der Waals surface area contributed by atoms with Crippen LogP contribution in [0.25, 0.3) is 0 Å². The molecular formula is C16H22N4O4. The van der Waals surface area contributed by atoms with Crippen molar-refractivity contribution in [3.8, 4) is 0 Å². The Hall–Kier alpha value is -1.96. The largest absolute Gasteiger partial charge is 0.465 e. The van der Waals surface area contributed by atoms with Crippen LogP contribution in [0.2, 0.25) is 0 Å². The van der Waals surface area contributed by atoms with E-state index < -0.39 is 0 Å². The maximum Gasteiger partial charge on any atom is 0.309 e. The number of amides is 1. The molecule has 1 aromatic rings. The van der Waals surface area contributed by atoms with Crippen molar-refractivity contribution in [2.24, 2.45) is 5.92 Å². The number of hydrogen-bond acceptors (Lipinski definition) is 7. The Labute approximate surface area is 139 Å². The van der Waals surface area contributed by atoms with Crippen LogP contribution < -0.4 is 5.32 Å². The van der Waals surface area contributed by atoms with Gasteiger partial charge in [0, 0.05) is 6.04 Å². The molecule has 3 aliphatic rings. The van der Waals surface area contributed by atoms with Gasteiger partial charge in [-0.1, -0.05) is 5.16 Å². The standard InChI is InChI=1S/C16H22N4O4/c21-14(17-11-3-4-11)13-18-15(24-19-13)12-2-1-7-20(12)8-5-10-6-9-23-16(10)22/h10-12H,1-9H2,(H,17,21)/t10-,12+/m0/s1. The lowest BCUT2D eigenvalue weighted by Crippen LogP contribution is -2.28. The van der Waals surface area contributed by atoms with E-state index in [-0.39, 0.29) is 35.7 Å². The van der Waals surface area contributed by atoms with Gasteiger partial charge in [-0.05, 0) is 51.6 Å². The summed E-state index contributed by atoms with van der Waals surface area (Å²) in [5.41, 5.74) is 0. The van der Waals surface area contributed by atoms with Crippen LogP contribution in [-0.4, -0.2) is 52.7 Å². The van der Waals surface area contributed by atoms with Crippen LogP contribution >= 0.6 is 0 Å². The van der Waals surface area contributed by atoms with E-state index in [1.54, 1.807) is 0 Å². The Morgan fingerprint density at radius 3 is 2.92 bits per heavy atom. The molecule has 4 rings (SSSR count). The Balaban J connectivity index is 1.36. The molecule has 0 aromatic carbocycles. The molecule has 0 unspecified atom stereocenters. The molecule has 3 heterocycles. The first-order valence-corrected chi connectivity index (χ1v) is 8.76. The molecule has 2 aliphatic heterocycles. The third-order valence-corrected chi connectivity index (χ3v) is 5.01. The number of hydrogen-bond donors (Lipinski definition) is 1. The maximum atomic E-state index is 12.0. The first-order chi connectivity index (χ1) is 11.7. The average Bonchev–Trinajstić information content (AvgIpc) is 2.97. The zero-order valence-electron chi connectivity index (χ0n) is 13.6. The Morgan fingerprint density at radius 2 is 2.17 bits per heavy atom. The molecule has 1 aliphatic carbocycles. The van der Waals surface area contributed by atoms with Crippen molar-refractivity contribution in [3.63, 3.8) is 0 Å². The summed E-state index contributed by atoms with van der Waals surface area (Å²) in [5, 5.41) is 6.69. The van der Waals surface area contributed by atoms with Crippen LogP contribution in [0.5, 0.6) is 0 Å². The molecular weight excluding hydrogens is 312 g/mol. The zero-order chi connectivity index (χ0) is 16.5. The summed E-state index contributed by atoms with van der Waals surface area (Å²) in [6.07, 6.45) is 5.63. The van der Waals surface area contributed by atoms with Crippen molar-refractivity contribution in [2.45, 2.75) is 50.6 Å². The fraction of sp³-hybridized carbons (Fsp3) is 0.750. The summed E-state index contributed by atoms with van der Waals surface area (Å²) >= 11 is 0. The van der Waals surface area contributed by atoms with Gasteiger partial charge in [0.05, 0.1) is 18.6 Å². The lowest BCUT2D eigenvalue weighted by atomic mass is 10.0. The summed E-state index contributed by atoms with van der Waals surface area (Å²) in [5.74, 6) is 0.285. The van der Waals surface area contributed by atoms with Gasteiger partial charge in [0.2, 0.25) is 5.89 Å². The van der Waals surface area contributed by atoms with E-state index in [1.807, 2.05) is 0 Å². The van der Waals surface area contributed by atoms with Crippen molar-refractivity contribution >= 4 is 11.9 Å². The van der Waals surface area contributed by atoms with E-state index >= 15 is 0 Å². The summed E-state index contributed by atoms with van der Waals surface area (Å²) in [6, 6.07) is 0.311. The van der Waals surface area contributed by atoms with Gasteiger partial charge in [-0.2, -0.15) is 4.98 Å². The number of likely N-dealkylation sites (tertiary alicyclic amines) is 1. The second-order valence-corrected chi connectivity index (χ2v) is 6.84. The number of nitrogens with zero attached hydrogens (tertiary/aromatic N) is 3. The Kier molecular flexibility index (Phi) is 4.22. The molecule has 24 heavy (non-hydrogen) atoms. The molecule has 1 N–H and O–H groups in total. The lowest BCUT2D eigenvalue weighted by molar-refractivity contribution is -0.141. The number of rotatable bonds is 6. The normalized spacial score (nSPS) is 27.4. The highest BCUT2D eigenvalue weighted by molar-refractivity contribution is 5.90. The second-order valence-electron chi connectivity index (χ2n) is 6.84. The van der Waals surface area contributed by atoms with Crippen molar-refractivity contribution < 1.29 is 18.8 Å². The van der Waals surface area contributed by atoms with Gasteiger partial charge in [0.25, 0.3) is 11.7 Å². The third-order valence-electron chi connectivity index (χ3n) is 5.01. The third kappa shape index (κ3) is 3.28. The molecule has 0 spiro atoms. The quantitative estimate of drug-likeness (QED) is 0.777. The van der Waals surface area contributed by atoms with Crippen molar-refractivity contribution in [1.82, 2.24) is 20.4 Å². The van der Waals surface area contributed by atoms with E-state index in [4.69, 9.17) is 9.26 Å². The Bertz CT molecular complexity index is 627. The van der Waals surface area contributed by atoms with Crippen LogP contribution in [0, 0.1) is 5.92 Å². The molecule has 130 valence electrons. The molecule has 1 amide bonds. The van der Waals surface area contributed by atoms with E-state index in [0.717, 1.165) is 51.6 Å². The monoisotopic (exact) mass is 334 g/mol. The van der Waals surface area contributed by atoms with Crippen molar-refractivity contribution in [3.05, 3.63) is 11.7 Å². The number of esters is 1. The molecule has 2 saturated heterocycles. The highest BCUT2D eigenvalue weighted by Crippen LogP contribution is 2.32. The molecule has 1 saturated carbocycles. The Morgan fingerprint density at radius 1 is 1.29 bits per heavy atom. The molecule has 8 nitrogen and oxygen atoms in total. The van der Waals surface area contributed by atoms with Crippen LogP contribution in [0.15, 0.2) is 4.52 Å². The van der Waals surface area contributed by atoms with Gasteiger partial charge < -0.3 is 14.6 Å². The number of ether oxygens (including phenoxy) is 1. The predicted molar refractivity (Wildman–Crippen MR) is 82.0 cm³/mol. The molecule has 8 heteroatoms. The van der Waals surface area contributed by atoms with E-state index in [0.29, 0.717) is 12.5 Å². The van der Waals surface area contributed by atoms with Crippen LogP contribution in [0.4, 0.5) is 0 Å². The molecule has 0 radical (unpaired) electrons. The fourth-order valence-corrected chi connectivity index (χ4v) is 3.44. The number of carbonyl (C=O) groups is 2. The SMILES string of the molecule is O=C(NC1CC1)c1noc([C@H]2CCCN2CC[C@H]2CCOC2=O)n1.